The summed E-state index contributed by atoms with van der Waals surface area (Å²) in [5, 5.41) is 10.5. The Kier molecular flexibility index (Phi) is 4.30. The topological polar surface area (TPSA) is 33.4 Å². The molecule has 1 aromatic carbocycles. The molecule has 1 unspecified atom stereocenters. The van der Waals surface area contributed by atoms with E-state index >= 15 is 0 Å². The number of aliphatic hydroxyl groups is 1. The maximum atomic E-state index is 10.5. The Morgan fingerprint density at radius 3 is 2.61 bits per heavy atom. The van der Waals surface area contributed by atoms with Gasteiger partial charge in [0, 0.05) is 26.5 Å². The van der Waals surface area contributed by atoms with Gasteiger partial charge in [-0.25, -0.2) is 0 Å². The second-order valence-corrected chi connectivity index (χ2v) is 5.89. The van der Waals surface area contributed by atoms with E-state index in [1.807, 2.05) is 32.0 Å². The van der Waals surface area contributed by atoms with Gasteiger partial charge >= 0.3 is 0 Å². The van der Waals surface area contributed by atoms with E-state index in [1.165, 1.54) is 0 Å². The van der Waals surface area contributed by atoms with Crippen LogP contribution in [0.15, 0.2) is 37.8 Å². The van der Waals surface area contributed by atoms with Crippen molar-refractivity contribution in [1.82, 2.24) is 0 Å². The van der Waals surface area contributed by atoms with Crippen molar-refractivity contribution >= 4 is 31.9 Å². The summed E-state index contributed by atoms with van der Waals surface area (Å²) in [7, 11) is 0. The molecule has 0 fully saturated rings. The standard InChI is InChI=1S/C14H14Br2O2/c1-3-13-9(4-5-18-13)14(17)10-7-11(15)8(2)6-12(10)16/h4-7,14,17H,3H2,1-2H3. The summed E-state index contributed by atoms with van der Waals surface area (Å²) in [6, 6.07) is 5.76. The maximum absolute atomic E-state index is 10.5. The molecule has 1 N–H and O–H groups in total. The average Bonchev–Trinajstić information content (AvgIpc) is 2.81. The van der Waals surface area contributed by atoms with Gasteiger partial charge in [-0.1, -0.05) is 38.8 Å². The number of aryl methyl sites for hydroxylation is 2. The molecular weight excluding hydrogens is 360 g/mol. The van der Waals surface area contributed by atoms with Crippen LogP contribution < -0.4 is 0 Å². The predicted octanol–water partition coefficient (Wildman–Crippen LogP) is 4.76. The minimum Gasteiger partial charge on any atom is -0.469 e. The summed E-state index contributed by atoms with van der Waals surface area (Å²) in [6.45, 7) is 4.02. The fourth-order valence-electron chi connectivity index (χ4n) is 1.92. The third-order valence-corrected chi connectivity index (χ3v) is 4.51. The van der Waals surface area contributed by atoms with Gasteiger partial charge in [-0.05, 0) is 30.7 Å². The molecule has 0 bridgehead atoms. The number of furan rings is 1. The van der Waals surface area contributed by atoms with Crippen molar-refractivity contribution in [1.29, 1.82) is 0 Å². The number of rotatable bonds is 3. The van der Waals surface area contributed by atoms with Crippen molar-refractivity contribution < 1.29 is 9.52 Å². The van der Waals surface area contributed by atoms with Crippen molar-refractivity contribution in [3.8, 4) is 0 Å². The fourth-order valence-corrected chi connectivity index (χ4v) is 2.96. The Morgan fingerprint density at radius 2 is 1.94 bits per heavy atom. The highest BCUT2D eigenvalue weighted by molar-refractivity contribution is 9.11. The molecule has 2 rings (SSSR count). The first kappa shape index (κ1) is 13.8. The zero-order valence-corrected chi connectivity index (χ0v) is 13.4. The molecule has 0 saturated carbocycles. The second-order valence-electron chi connectivity index (χ2n) is 4.18. The van der Waals surface area contributed by atoms with E-state index < -0.39 is 6.10 Å². The molecule has 0 aliphatic carbocycles. The zero-order chi connectivity index (χ0) is 13.3. The number of hydrogen-bond acceptors (Lipinski definition) is 2. The summed E-state index contributed by atoms with van der Waals surface area (Å²) in [5.74, 6) is 0.825. The third-order valence-electron chi connectivity index (χ3n) is 2.97. The van der Waals surface area contributed by atoms with E-state index in [4.69, 9.17) is 4.42 Å². The fraction of sp³-hybridized carbons (Fsp3) is 0.286. The van der Waals surface area contributed by atoms with Crippen LogP contribution in [0.2, 0.25) is 0 Å². The number of halogens is 2. The molecule has 18 heavy (non-hydrogen) atoms. The van der Waals surface area contributed by atoms with Gasteiger partial charge in [0.1, 0.15) is 11.9 Å². The van der Waals surface area contributed by atoms with Gasteiger partial charge < -0.3 is 9.52 Å². The van der Waals surface area contributed by atoms with Gasteiger partial charge in [0.2, 0.25) is 0 Å². The lowest BCUT2D eigenvalue weighted by Crippen LogP contribution is -2.02. The lowest BCUT2D eigenvalue weighted by molar-refractivity contribution is 0.216. The first-order chi connectivity index (χ1) is 8.54. The molecule has 0 aliphatic heterocycles. The molecule has 1 aromatic heterocycles. The lowest BCUT2D eigenvalue weighted by Gasteiger charge is -2.14. The second kappa shape index (κ2) is 5.59. The summed E-state index contributed by atoms with van der Waals surface area (Å²) in [6.07, 6.45) is 1.71. The summed E-state index contributed by atoms with van der Waals surface area (Å²) in [4.78, 5) is 0. The van der Waals surface area contributed by atoms with Crippen molar-refractivity contribution in [2.24, 2.45) is 0 Å². The zero-order valence-electron chi connectivity index (χ0n) is 10.2. The first-order valence-electron chi connectivity index (χ1n) is 5.74. The normalized spacial score (nSPS) is 12.7. The van der Waals surface area contributed by atoms with Crippen LogP contribution in [0, 0.1) is 6.92 Å². The van der Waals surface area contributed by atoms with Gasteiger partial charge in [0.25, 0.3) is 0 Å². The predicted molar refractivity (Wildman–Crippen MR) is 78.7 cm³/mol. The van der Waals surface area contributed by atoms with Crippen molar-refractivity contribution in [2.75, 3.05) is 0 Å². The van der Waals surface area contributed by atoms with E-state index in [9.17, 15) is 5.11 Å². The third kappa shape index (κ3) is 2.56. The minimum atomic E-state index is -0.676. The van der Waals surface area contributed by atoms with Crippen LogP contribution in [0.5, 0.6) is 0 Å². The Labute approximate surface area is 123 Å². The molecule has 4 heteroatoms. The van der Waals surface area contributed by atoms with Crippen LogP contribution in [-0.4, -0.2) is 5.11 Å². The Bertz CT molecular complexity index is 561. The van der Waals surface area contributed by atoms with Crippen molar-refractivity contribution in [2.45, 2.75) is 26.4 Å². The molecule has 0 saturated heterocycles. The molecule has 1 atom stereocenters. The van der Waals surface area contributed by atoms with E-state index in [0.717, 1.165) is 37.8 Å². The minimum absolute atomic E-state index is 0.676. The number of benzene rings is 1. The summed E-state index contributed by atoms with van der Waals surface area (Å²) >= 11 is 6.99. The number of hydrogen-bond donors (Lipinski definition) is 1. The SMILES string of the molecule is CCc1occc1C(O)c1cc(Br)c(C)cc1Br. The average molecular weight is 374 g/mol. The van der Waals surface area contributed by atoms with Crippen LogP contribution in [0.4, 0.5) is 0 Å². The van der Waals surface area contributed by atoms with Gasteiger partial charge in [-0.15, -0.1) is 0 Å². The summed E-state index contributed by atoms with van der Waals surface area (Å²) in [5.41, 5.74) is 2.79. The van der Waals surface area contributed by atoms with Crippen molar-refractivity contribution in [3.05, 3.63) is 55.9 Å². The first-order valence-corrected chi connectivity index (χ1v) is 7.33. The molecule has 0 radical (unpaired) electrons. The molecule has 0 spiro atoms. The van der Waals surface area contributed by atoms with E-state index in [2.05, 4.69) is 31.9 Å². The van der Waals surface area contributed by atoms with Crippen LogP contribution in [0.3, 0.4) is 0 Å². The largest absolute Gasteiger partial charge is 0.469 e. The number of aliphatic hydroxyl groups excluding tert-OH is 1. The smallest absolute Gasteiger partial charge is 0.109 e. The van der Waals surface area contributed by atoms with E-state index in [0.29, 0.717) is 0 Å². The molecule has 0 amide bonds. The van der Waals surface area contributed by atoms with Gasteiger partial charge in [0.05, 0.1) is 6.26 Å². The summed E-state index contributed by atoms with van der Waals surface area (Å²) < 4.78 is 7.25. The quantitative estimate of drug-likeness (QED) is 0.841. The van der Waals surface area contributed by atoms with Crippen LogP contribution in [0.1, 0.15) is 35.5 Å². The maximum Gasteiger partial charge on any atom is 0.109 e. The Balaban J connectivity index is 2.46. The van der Waals surface area contributed by atoms with Gasteiger partial charge in [-0.2, -0.15) is 0 Å². The van der Waals surface area contributed by atoms with Crippen LogP contribution in [-0.2, 0) is 6.42 Å². The lowest BCUT2D eigenvalue weighted by atomic mass is 10.0. The van der Waals surface area contributed by atoms with Gasteiger partial charge in [0.15, 0.2) is 0 Å². The molecule has 0 aliphatic rings. The van der Waals surface area contributed by atoms with Crippen molar-refractivity contribution in [3.63, 3.8) is 0 Å². The Hall–Kier alpha value is -0.580. The van der Waals surface area contributed by atoms with E-state index in [1.54, 1.807) is 6.26 Å². The molecule has 2 nitrogen and oxygen atoms in total. The van der Waals surface area contributed by atoms with Crippen LogP contribution >= 0.6 is 31.9 Å². The molecule has 2 aromatic rings. The Morgan fingerprint density at radius 1 is 1.22 bits per heavy atom. The highest BCUT2D eigenvalue weighted by Crippen LogP contribution is 2.34. The highest BCUT2D eigenvalue weighted by atomic mass is 79.9. The van der Waals surface area contributed by atoms with Crippen LogP contribution in [0.25, 0.3) is 0 Å². The van der Waals surface area contributed by atoms with E-state index in [-0.39, 0.29) is 0 Å². The highest BCUT2D eigenvalue weighted by Gasteiger charge is 2.19. The van der Waals surface area contributed by atoms with Gasteiger partial charge in [-0.3, -0.25) is 0 Å². The molecule has 96 valence electrons. The molecular formula is C14H14Br2O2. The monoisotopic (exact) mass is 372 g/mol. The molecule has 1 heterocycles.